The summed E-state index contributed by atoms with van der Waals surface area (Å²) in [6.45, 7) is -0.0683. The van der Waals surface area contributed by atoms with Crippen molar-refractivity contribution in [2.45, 2.75) is 0 Å². The molecule has 0 aliphatic carbocycles. The maximum absolute atomic E-state index is 10.8. The minimum absolute atomic E-state index is 0.0683. The third kappa shape index (κ3) is 4.24. The second kappa shape index (κ2) is 4.24. The van der Waals surface area contributed by atoms with Gasteiger partial charge in [0.25, 0.3) is 0 Å². The van der Waals surface area contributed by atoms with Crippen molar-refractivity contribution in [3.8, 4) is 0 Å². The Morgan fingerprint density at radius 1 is 1.80 bits per heavy atom. The quantitative estimate of drug-likeness (QED) is 0.543. The normalized spacial score (nSPS) is 8.40. The second-order valence-corrected chi connectivity index (χ2v) is 1.16. The highest BCUT2D eigenvalue weighted by Gasteiger charge is 1.74. The molecule has 1 N–H and O–H groups in total. The van der Waals surface area contributed by atoms with Gasteiger partial charge in [-0.05, 0) is 0 Å². The fourth-order valence-corrected chi connectivity index (χ4v) is 0.104. The monoisotopic (exact) mass is 96.0 g/mol. The van der Waals surface area contributed by atoms with Gasteiger partial charge in [-0.3, -0.25) is 0 Å². The van der Waals surface area contributed by atoms with Crippen LogP contribution in [-0.4, -0.2) is 17.5 Å². The first-order chi connectivity index (χ1) is 2.41. The fourth-order valence-electron chi connectivity index (χ4n) is 0.0345. The fraction of sp³-hybridized carbons (Fsp3) is 1.00. The molecule has 0 atom stereocenters. The van der Waals surface area contributed by atoms with E-state index in [1.54, 1.807) is 0 Å². The lowest BCUT2D eigenvalue weighted by atomic mass is 10.9. The van der Waals surface area contributed by atoms with Gasteiger partial charge in [-0.15, -0.1) is 0 Å². The number of rotatable bonds is 2. The molecular formula is C2H5FOS. The summed E-state index contributed by atoms with van der Waals surface area (Å²) in [5.41, 5.74) is 0. The summed E-state index contributed by atoms with van der Waals surface area (Å²) in [5, 5.41) is 7.81. The van der Waals surface area contributed by atoms with Crippen LogP contribution in [0, 0.1) is 0 Å². The van der Waals surface area contributed by atoms with Gasteiger partial charge in [0.15, 0.2) is 0 Å². The summed E-state index contributed by atoms with van der Waals surface area (Å²) in [4.78, 5) is 0. The first-order valence-corrected chi connectivity index (χ1v) is 2.15. The molecule has 0 heterocycles. The minimum atomic E-state index is -0.0683. The van der Waals surface area contributed by atoms with Crippen LogP contribution in [-0.2, 0) is 0 Å². The molecule has 5 heavy (non-hydrogen) atoms. The zero-order chi connectivity index (χ0) is 4.12. The van der Waals surface area contributed by atoms with Gasteiger partial charge in [0.2, 0.25) is 0 Å². The van der Waals surface area contributed by atoms with Crippen LogP contribution >= 0.6 is 12.1 Å². The summed E-state index contributed by atoms with van der Waals surface area (Å²) in [6, 6.07) is 0. The Morgan fingerprint density at radius 2 is 2.40 bits per heavy atom. The van der Waals surface area contributed by atoms with Gasteiger partial charge in [-0.2, -0.15) is 3.89 Å². The lowest BCUT2D eigenvalue weighted by molar-refractivity contribution is 0.322. The van der Waals surface area contributed by atoms with Crippen LogP contribution < -0.4 is 0 Å². The molecule has 3 heteroatoms. The summed E-state index contributed by atoms with van der Waals surface area (Å²) < 4.78 is 10.8. The molecule has 0 saturated carbocycles. The molecule has 0 bridgehead atoms. The van der Waals surface area contributed by atoms with Crippen LogP contribution in [0.15, 0.2) is 0 Å². The van der Waals surface area contributed by atoms with E-state index in [9.17, 15) is 3.89 Å². The zero-order valence-corrected chi connectivity index (χ0v) is 3.46. The number of aliphatic hydroxyl groups is 1. The number of hydrogen-bond acceptors (Lipinski definition) is 2. The molecule has 1 nitrogen and oxygen atoms in total. The summed E-state index contributed by atoms with van der Waals surface area (Å²) in [7, 11) is 0. The minimum Gasteiger partial charge on any atom is -0.395 e. The summed E-state index contributed by atoms with van der Waals surface area (Å²) >= 11 is 0.152. The van der Waals surface area contributed by atoms with Gasteiger partial charge in [0, 0.05) is 17.9 Å². The summed E-state index contributed by atoms with van der Waals surface area (Å²) in [6.07, 6.45) is 0. The van der Waals surface area contributed by atoms with Crippen LogP contribution in [0.1, 0.15) is 0 Å². The molecule has 0 aliphatic rings. The second-order valence-electron chi connectivity index (χ2n) is 0.537. The number of aliphatic hydroxyl groups excluding tert-OH is 1. The van der Waals surface area contributed by atoms with Gasteiger partial charge in [-0.1, -0.05) is 0 Å². The van der Waals surface area contributed by atoms with Crippen molar-refractivity contribution in [1.82, 2.24) is 0 Å². The molecule has 0 aliphatic heterocycles. The van der Waals surface area contributed by atoms with E-state index in [-0.39, 0.29) is 24.5 Å². The third-order valence-electron chi connectivity index (χ3n) is 0.168. The molecule has 0 unspecified atom stereocenters. The van der Waals surface area contributed by atoms with E-state index in [1.165, 1.54) is 0 Å². The average molecular weight is 96.1 g/mol. The Morgan fingerprint density at radius 3 is 2.40 bits per heavy atom. The van der Waals surface area contributed by atoms with E-state index in [2.05, 4.69) is 0 Å². The average Bonchev–Trinajstić information content (AvgIpc) is 1.41. The highest BCUT2D eigenvalue weighted by Crippen LogP contribution is 1.95. The number of hydrogen-bond donors (Lipinski definition) is 1. The van der Waals surface area contributed by atoms with Crippen molar-refractivity contribution in [3.05, 3.63) is 0 Å². The van der Waals surface area contributed by atoms with Crippen molar-refractivity contribution in [2.75, 3.05) is 12.4 Å². The molecule has 0 fully saturated rings. The van der Waals surface area contributed by atoms with Gasteiger partial charge in [0.05, 0.1) is 6.61 Å². The zero-order valence-electron chi connectivity index (χ0n) is 2.65. The van der Waals surface area contributed by atoms with E-state index >= 15 is 0 Å². The summed E-state index contributed by atoms with van der Waals surface area (Å²) in [5.74, 6) is 0.194. The third-order valence-corrected chi connectivity index (χ3v) is 0.505. The van der Waals surface area contributed by atoms with Crippen molar-refractivity contribution >= 4 is 12.1 Å². The van der Waals surface area contributed by atoms with Crippen molar-refractivity contribution in [1.29, 1.82) is 0 Å². The maximum atomic E-state index is 10.8. The highest BCUT2D eigenvalue weighted by atomic mass is 32.2. The highest BCUT2D eigenvalue weighted by molar-refractivity contribution is 7.94. The molecular weight excluding hydrogens is 91.1 g/mol. The lowest BCUT2D eigenvalue weighted by Gasteiger charge is -1.75. The van der Waals surface area contributed by atoms with E-state index in [0.717, 1.165) is 0 Å². The topological polar surface area (TPSA) is 20.2 Å². The van der Waals surface area contributed by atoms with E-state index in [0.29, 0.717) is 0 Å². The Bertz CT molecular complexity index is 17.1. The lowest BCUT2D eigenvalue weighted by Crippen LogP contribution is -1.79. The first kappa shape index (κ1) is 5.24. The smallest absolute Gasteiger partial charge is 0.0547 e. The van der Waals surface area contributed by atoms with Crippen LogP contribution in [0.4, 0.5) is 3.89 Å². The van der Waals surface area contributed by atoms with E-state index in [4.69, 9.17) is 5.11 Å². The predicted molar refractivity (Wildman–Crippen MR) is 20.7 cm³/mol. The molecule has 0 spiro atoms. The maximum Gasteiger partial charge on any atom is 0.0547 e. The predicted octanol–water partition coefficient (Wildman–Crippen LogP) is 0.596. The molecule has 0 rings (SSSR count). The Hall–Kier alpha value is 0.240. The van der Waals surface area contributed by atoms with Crippen molar-refractivity contribution in [3.63, 3.8) is 0 Å². The molecule has 0 amide bonds. The molecule has 0 aromatic heterocycles. The Kier molecular flexibility index (Phi) is 4.44. The Balaban J connectivity index is 2.19. The van der Waals surface area contributed by atoms with Gasteiger partial charge in [-0.25, -0.2) is 0 Å². The standard InChI is InChI=1S/C2H5FOS/c3-5-2-1-4/h4H,1-2H2. The van der Waals surface area contributed by atoms with Crippen LogP contribution in [0.3, 0.4) is 0 Å². The first-order valence-electron chi connectivity index (χ1n) is 1.26. The van der Waals surface area contributed by atoms with E-state index < -0.39 is 0 Å². The molecule has 0 aromatic rings. The number of halogens is 1. The SMILES string of the molecule is OCCSF. The van der Waals surface area contributed by atoms with Crippen LogP contribution in [0.25, 0.3) is 0 Å². The van der Waals surface area contributed by atoms with Crippen molar-refractivity contribution < 1.29 is 8.99 Å². The van der Waals surface area contributed by atoms with Crippen LogP contribution in [0.5, 0.6) is 0 Å². The molecule has 0 radical (unpaired) electrons. The van der Waals surface area contributed by atoms with Crippen LogP contribution in [0.2, 0.25) is 0 Å². The van der Waals surface area contributed by atoms with Crippen molar-refractivity contribution in [2.24, 2.45) is 0 Å². The van der Waals surface area contributed by atoms with Gasteiger partial charge >= 0.3 is 0 Å². The van der Waals surface area contributed by atoms with E-state index in [1.807, 2.05) is 0 Å². The van der Waals surface area contributed by atoms with Gasteiger partial charge < -0.3 is 5.11 Å². The molecule has 0 saturated heterocycles. The molecule has 0 aromatic carbocycles. The largest absolute Gasteiger partial charge is 0.395 e. The molecule has 32 valence electrons. The Labute approximate surface area is 34.5 Å². The van der Waals surface area contributed by atoms with Gasteiger partial charge in [0.1, 0.15) is 0 Å².